The van der Waals surface area contributed by atoms with E-state index in [9.17, 15) is 23.1 Å². The van der Waals surface area contributed by atoms with Gasteiger partial charge in [-0.2, -0.15) is 13.2 Å². The minimum Gasteiger partial charge on any atom is -0.480 e. The number of carboxylic acid groups (broad SMARTS) is 1. The van der Waals surface area contributed by atoms with Crippen molar-refractivity contribution in [3.8, 4) is 0 Å². The first-order valence-corrected chi connectivity index (χ1v) is 6.92. The summed E-state index contributed by atoms with van der Waals surface area (Å²) in [6.07, 6.45) is -2.85. The summed E-state index contributed by atoms with van der Waals surface area (Å²) in [4.78, 5) is 11.4. The number of hydrogen-bond donors (Lipinski definition) is 2. The monoisotopic (exact) mass is 301 g/mol. The molecule has 0 heterocycles. The summed E-state index contributed by atoms with van der Waals surface area (Å²) in [6, 6.07) is 9.68. The van der Waals surface area contributed by atoms with Crippen LogP contribution in [0.25, 0.3) is 0 Å². The smallest absolute Gasteiger partial charge is 0.401 e. The molecular weight excluding hydrogens is 283 g/mol. The van der Waals surface area contributed by atoms with Gasteiger partial charge in [-0.05, 0) is 37.2 Å². The van der Waals surface area contributed by atoms with E-state index < -0.39 is 24.2 Å². The SMILES string of the molecule is O=C(O)C1(NCC(F)(F)F)CCC(c2ccccc2)CC1. The van der Waals surface area contributed by atoms with Gasteiger partial charge in [-0.3, -0.25) is 10.1 Å². The fraction of sp³-hybridized carbons (Fsp3) is 0.533. The quantitative estimate of drug-likeness (QED) is 0.897. The van der Waals surface area contributed by atoms with Crippen molar-refractivity contribution >= 4 is 5.97 Å². The van der Waals surface area contributed by atoms with E-state index in [0.717, 1.165) is 5.56 Å². The molecule has 3 nitrogen and oxygen atoms in total. The van der Waals surface area contributed by atoms with E-state index in [2.05, 4.69) is 5.32 Å². The van der Waals surface area contributed by atoms with Gasteiger partial charge in [0.2, 0.25) is 0 Å². The van der Waals surface area contributed by atoms with E-state index in [1.165, 1.54) is 0 Å². The van der Waals surface area contributed by atoms with Gasteiger partial charge >= 0.3 is 12.1 Å². The van der Waals surface area contributed by atoms with Crippen molar-refractivity contribution in [3.63, 3.8) is 0 Å². The second-order valence-corrected chi connectivity index (χ2v) is 5.54. The predicted molar refractivity (Wildman–Crippen MR) is 72.1 cm³/mol. The Bertz CT molecular complexity index is 479. The largest absolute Gasteiger partial charge is 0.480 e. The minimum absolute atomic E-state index is 0.206. The fourth-order valence-corrected chi connectivity index (χ4v) is 2.90. The molecule has 0 bridgehead atoms. The summed E-state index contributed by atoms with van der Waals surface area (Å²) < 4.78 is 37.0. The van der Waals surface area contributed by atoms with Gasteiger partial charge in [0.25, 0.3) is 0 Å². The lowest BCUT2D eigenvalue weighted by molar-refractivity contribution is -0.152. The Morgan fingerprint density at radius 3 is 2.29 bits per heavy atom. The van der Waals surface area contributed by atoms with Crippen molar-refractivity contribution in [1.29, 1.82) is 0 Å². The fourth-order valence-electron chi connectivity index (χ4n) is 2.90. The molecule has 1 fully saturated rings. The summed E-state index contributed by atoms with van der Waals surface area (Å²) in [5, 5.41) is 11.5. The molecule has 0 unspecified atom stereocenters. The number of nitrogens with one attached hydrogen (secondary N) is 1. The van der Waals surface area contributed by atoms with E-state index in [-0.39, 0.29) is 18.8 Å². The topological polar surface area (TPSA) is 49.3 Å². The zero-order valence-corrected chi connectivity index (χ0v) is 11.5. The first-order chi connectivity index (χ1) is 9.82. The van der Waals surface area contributed by atoms with E-state index >= 15 is 0 Å². The Kier molecular flexibility index (Phi) is 4.56. The zero-order valence-electron chi connectivity index (χ0n) is 11.5. The highest BCUT2D eigenvalue weighted by molar-refractivity contribution is 5.79. The van der Waals surface area contributed by atoms with Gasteiger partial charge < -0.3 is 5.11 Å². The Labute approximate surface area is 121 Å². The van der Waals surface area contributed by atoms with Gasteiger partial charge in [0, 0.05) is 0 Å². The van der Waals surface area contributed by atoms with Crippen LogP contribution in [0.4, 0.5) is 13.2 Å². The van der Waals surface area contributed by atoms with E-state index in [1.54, 1.807) is 0 Å². The lowest BCUT2D eigenvalue weighted by Crippen LogP contribution is -2.56. The lowest BCUT2D eigenvalue weighted by Gasteiger charge is -2.38. The number of halogens is 3. The molecule has 0 spiro atoms. The van der Waals surface area contributed by atoms with Crippen LogP contribution < -0.4 is 5.32 Å². The number of hydrogen-bond acceptors (Lipinski definition) is 2. The van der Waals surface area contributed by atoms with Crippen molar-refractivity contribution in [2.24, 2.45) is 0 Å². The molecule has 0 saturated heterocycles. The van der Waals surface area contributed by atoms with Gasteiger partial charge in [0.05, 0.1) is 6.54 Å². The molecule has 0 aromatic heterocycles. The molecule has 0 atom stereocenters. The number of aliphatic carboxylic acids is 1. The molecule has 116 valence electrons. The summed E-state index contributed by atoms with van der Waals surface area (Å²) in [5.41, 5.74) is -0.340. The highest BCUT2D eigenvalue weighted by Gasteiger charge is 2.44. The van der Waals surface area contributed by atoms with Crippen molar-refractivity contribution in [3.05, 3.63) is 35.9 Å². The summed E-state index contributed by atoms with van der Waals surface area (Å²) in [5.74, 6) is -0.982. The molecule has 6 heteroatoms. The van der Waals surface area contributed by atoms with Crippen LogP contribution in [0.5, 0.6) is 0 Å². The maximum Gasteiger partial charge on any atom is 0.401 e. The van der Waals surface area contributed by atoms with Gasteiger partial charge in [-0.15, -0.1) is 0 Å². The Balaban J connectivity index is 2.02. The van der Waals surface area contributed by atoms with E-state index in [4.69, 9.17) is 0 Å². The first kappa shape index (κ1) is 15.8. The summed E-state index contributed by atoms with van der Waals surface area (Å²) >= 11 is 0. The van der Waals surface area contributed by atoms with E-state index in [0.29, 0.717) is 12.8 Å². The van der Waals surface area contributed by atoms with Crippen molar-refractivity contribution in [2.45, 2.75) is 43.3 Å². The van der Waals surface area contributed by atoms with Crippen molar-refractivity contribution in [1.82, 2.24) is 5.32 Å². The average molecular weight is 301 g/mol. The first-order valence-electron chi connectivity index (χ1n) is 6.92. The third kappa shape index (κ3) is 3.97. The second kappa shape index (κ2) is 6.05. The number of rotatable bonds is 4. The average Bonchev–Trinajstić information content (AvgIpc) is 2.46. The maximum atomic E-state index is 12.3. The van der Waals surface area contributed by atoms with Crippen molar-refractivity contribution in [2.75, 3.05) is 6.54 Å². The molecule has 2 rings (SSSR count). The molecule has 1 aromatic carbocycles. The van der Waals surface area contributed by atoms with Crippen LogP contribution in [0.15, 0.2) is 30.3 Å². The molecular formula is C15H18F3NO2. The molecule has 0 aliphatic heterocycles. The number of benzene rings is 1. The Hall–Kier alpha value is -1.56. The third-order valence-electron chi connectivity index (χ3n) is 4.15. The van der Waals surface area contributed by atoms with Gasteiger partial charge in [-0.1, -0.05) is 30.3 Å². The van der Waals surface area contributed by atoms with Crippen LogP contribution in [0.1, 0.15) is 37.2 Å². The van der Waals surface area contributed by atoms with Gasteiger partial charge in [0.1, 0.15) is 5.54 Å². The molecule has 1 saturated carbocycles. The van der Waals surface area contributed by atoms with Crippen LogP contribution >= 0.6 is 0 Å². The summed E-state index contributed by atoms with van der Waals surface area (Å²) in [6.45, 7) is -1.27. The second-order valence-electron chi connectivity index (χ2n) is 5.54. The molecule has 21 heavy (non-hydrogen) atoms. The molecule has 0 radical (unpaired) electrons. The van der Waals surface area contributed by atoms with Crippen LogP contribution in [0.3, 0.4) is 0 Å². The molecule has 1 aromatic rings. The predicted octanol–water partition coefficient (Wildman–Crippen LogP) is 3.32. The Morgan fingerprint density at radius 2 is 1.81 bits per heavy atom. The van der Waals surface area contributed by atoms with E-state index in [1.807, 2.05) is 30.3 Å². The molecule has 1 aliphatic rings. The van der Waals surface area contributed by atoms with Crippen LogP contribution in [-0.2, 0) is 4.79 Å². The third-order valence-corrected chi connectivity index (χ3v) is 4.15. The highest BCUT2D eigenvalue weighted by atomic mass is 19.4. The van der Waals surface area contributed by atoms with Crippen molar-refractivity contribution < 1.29 is 23.1 Å². The normalized spacial score (nSPS) is 26.5. The maximum absolute atomic E-state index is 12.3. The molecule has 2 N–H and O–H groups in total. The molecule has 0 amide bonds. The number of carboxylic acids is 1. The molecule has 1 aliphatic carbocycles. The van der Waals surface area contributed by atoms with Crippen LogP contribution in [0, 0.1) is 0 Å². The lowest BCUT2D eigenvalue weighted by atomic mass is 9.74. The Morgan fingerprint density at radius 1 is 1.24 bits per heavy atom. The standard InChI is InChI=1S/C15H18F3NO2/c16-15(17,18)10-19-14(13(20)21)8-6-12(7-9-14)11-4-2-1-3-5-11/h1-5,12,19H,6-10H2,(H,20,21). The van der Waals surface area contributed by atoms with Crippen LogP contribution in [0.2, 0.25) is 0 Å². The number of alkyl halides is 3. The summed E-state index contributed by atoms with van der Waals surface area (Å²) in [7, 11) is 0. The highest BCUT2D eigenvalue weighted by Crippen LogP contribution is 2.38. The number of carbonyl (C=O) groups is 1. The zero-order chi connectivity index (χ0) is 15.5. The van der Waals surface area contributed by atoms with Gasteiger partial charge in [0.15, 0.2) is 0 Å². The van der Waals surface area contributed by atoms with Gasteiger partial charge in [-0.25, -0.2) is 0 Å². The minimum atomic E-state index is -4.40. The van der Waals surface area contributed by atoms with Crippen LogP contribution in [-0.4, -0.2) is 29.3 Å².